The van der Waals surface area contributed by atoms with Crippen molar-refractivity contribution in [1.29, 1.82) is 0 Å². The average molecular weight is 368 g/mol. The Balaban J connectivity index is 1.73. The van der Waals surface area contributed by atoms with Crippen LogP contribution in [-0.4, -0.2) is 34.2 Å². The molecule has 0 N–H and O–H groups in total. The predicted molar refractivity (Wildman–Crippen MR) is 104 cm³/mol. The van der Waals surface area contributed by atoms with Crippen LogP contribution >= 0.6 is 0 Å². The lowest BCUT2D eigenvalue weighted by atomic mass is 10.2. The minimum absolute atomic E-state index is 0.0377. The second-order valence-electron chi connectivity index (χ2n) is 7.25. The van der Waals surface area contributed by atoms with Gasteiger partial charge in [0.15, 0.2) is 0 Å². The summed E-state index contributed by atoms with van der Waals surface area (Å²) in [5.74, 6) is 1.63. The number of hydrogen-bond donors (Lipinski definition) is 0. The van der Waals surface area contributed by atoms with E-state index < -0.39 is 0 Å². The number of amides is 2. The molecule has 0 spiro atoms. The molecule has 0 bridgehead atoms. The predicted octanol–water partition coefficient (Wildman–Crippen LogP) is 3.91. The number of carbonyl (C=O) groups excluding carboxylic acids is 2. The number of aryl methyl sites for hydroxylation is 1. The normalized spacial score (nSPS) is 13.4. The molecule has 1 heterocycles. The zero-order chi connectivity index (χ0) is 19.2. The summed E-state index contributed by atoms with van der Waals surface area (Å²) >= 11 is 0. The molecule has 5 heteroatoms. The molecule has 0 atom stereocenters. The maximum atomic E-state index is 13.1. The Morgan fingerprint density at radius 1 is 1.04 bits per heavy atom. The molecule has 1 aliphatic carbocycles. The van der Waals surface area contributed by atoms with Crippen molar-refractivity contribution in [3.63, 3.8) is 0 Å². The summed E-state index contributed by atoms with van der Waals surface area (Å²) in [5, 5.41) is 0. The monoisotopic (exact) mass is 368 g/mol. The Morgan fingerprint density at radius 2 is 1.78 bits per heavy atom. The van der Waals surface area contributed by atoms with Crippen molar-refractivity contribution in [2.45, 2.75) is 58.7 Å². The first kappa shape index (κ1) is 19.2. The van der Waals surface area contributed by atoms with Crippen LogP contribution in [-0.2, 0) is 22.7 Å². The molecule has 1 fully saturated rings. The van der Waals surface area contributed by atoms with Crippen molar-refractivity contribution in [2.24, 2.45) is 0 Å². The third-order valence-electron chi connectivity index (χ3n) is 4.79. The number of furan rings is 1. The van der Waals surface area contributed by atoms with Crippen LogP contribution in [0.1, 0.15) is 49.7 Å². The van der Waals surface area contributed by atoms with E-state index in [1.807, 2.05) is 56.3 Å². The zero-order valence-corrected chi connectivity index (χ0v) is 16.2. The Hall–Kier alpha value is -2.56. The van der Waals surface area contributed by atoms with Gasteiger partial charge in [0.25, 0.3) is 0 Å². The van der Waals surface area contributed by atoms with Crippen LogP contribution in [0.2, 0.25) is 0 Å². The number of hydrogen-bond acceptors (Lipinski definition) is 3. The van der Waals surface area contributed by atoms with E-state index in [2.05, 4.69) is 0 Å². The zero-order valence-electron chi connectivity index (χ0n) is 16.2. The molecule has 1 aromatic carbocycles. The molecule has 1 saturated carbocycles. The third kappa shape index (κ3) is 5.46. The van der Waals surface area contributed by atoms with Crippen molar-refractivity contribution in [1.82, 2.24) is 9.80 Å². The van der Waals surface area contributed by atoms with Gasteiger partial charge in [-0.1, -0.05) is 37.3 Å². The maximum Gasteiger partial charge on any atom is 0.242 e. The van der Waals surface area contributed by atoms with Crippen molar-refractivity contribution >= 4 is 11.8 Å². The molecule has 0 aliphatic heterocycles. The highest BCUT2D eigenvalue weighted by Gasteiger charge is 2.34. The van der Waals surface area contributed by atoms with E-state index in [1.54, 1.807) is 9.80 Å². The average Bonchev–Trinajstić information content (AvgIpc) is 3.42. The third-order valence-corrected chi connectivity index (χ3v) is 4.79. The first-order valence-corrected chi connectivity index (χ1v) is 9.73. The van der Waals surface area contributed by atoms with E-state index in [4.69, 9.17) is 4.42 Å². The summed E-state index contributed by atoms with van der Waals surface area (Å²) in [7, 11) is 0. The minimum atomic E-state index is -0.0377. The Kier molecular flexibility index (Phi) is 6.32. The van der Waals surface area contributed by atoms with Gasteiger partial charge in [-0.2, -0.15) is 0 Å². The summed E-state index contributed by atoms with van der Waals surface area (Å²) < 4.78 is 5.68. The highest BCUT2D eigenvalue weighted by atomic mass is 16.3. The van der Waals surface area contributed by atoms with Gasteiger partial charge in [0, 0.05) is 19.0 Å². The second-order valence-corrected chi connectivity index (χ2v) is 7.25. The highest BCUT2D eigenvalue weighted by Crippen LogP contribution is 2.28. The number of benzene rings is 1. The summed E-state index contributed by atoms with van der Waals surface area (Å²) in [4.78, 5) is 29.1. The molecule has 2 amide bonds. The molecule has 1 aromatic heterocycles. The summed E-state index contributed by atoms with van der Waals surface area (Å²) in [6.45, 7) is 4.94. The van der Waals surface area contributed by atoms with Gasteiger partial charge in [-0.15, -0.1) is 0 Å². The number of nitrogens with zero attached hydrogens (tertiary/aromatic N) is 2. The fourth-order valence-electron chi connectivity index (χ4n) is 3.20. The fraction of sp³-hybridized carbons (Fsp3) is 0.455. The van der Waals surface area contributed by atoms with Gasteiger partial charge >= 0.3 is 0 Å². The fourth-order valence-corrected chi connectivity index (χ4v) is 3.20. The minimum Gasteiger partial charge on any atom is -0.464 e. The number of carbonyl (C=O) groups is 2. The lowest BCUT2D eigenvalue weighted by molar-refractivity contribution is -0.142. The van der Waals surface area contributed by atoms with Gasteiger partial charge in [0.05, 0.1) is 6.54 Å². The molecule has 0 saturated heterocycles. The van der Waals surface area contributed by atoms with Crippen LogP contribution < -0.4 is 0 Å². The molecule has 27 heavy (non-hydrogen) atoms. The van der Waals surface area contributed by atoms with E-state index in [9.17, 15) is 9.59 Å². The maximum absolute atomic E-state index is 13.1. The number of rotatable bonds is 9. The second kappa shape index (κ2) is 8.89. The topological polar surface area (TPSA) is 53.8 Å². The van der Waals surface area contributed by atoms with Crippen LogP contribution in [0.4, 0.5) is 0 Å². The van der Waals surface area contributed by atoms with Gasteiger partial charge in [-0.3, -0.25) is 9.59 Å². The Morgan fingerprint density at radius 3 is 2.37 bits per heavy atom. The van der Waals surface area contributed by atoms with Crippen molar-refractivity contribution < 1.29 is 14.0 Å². The quantitative estimate of drug-likeness (QED) is 0.674. The molecule has 5 nitrogen and oxygen atoms in total. The molecule has 144 valence electrons. The molecular formula is C22H28N2O3. The van der Waals surface area contributed by atoms with Gasteiger partial charge in [-0.25, -0.2) is 0 Å². The van der Waals surface area contributed by atoms with Crippen molar-refractivity contribution in [3.05, 3.63) is 59.5 Å². The van der Waals surface area contributed by atoms with Gasteiger partial charge in [0.2, 0.25) is 11.8 Å². The molecule has 3 rings (SSSR count). The van der Waals surface area contributed by atoms with Crippen molar-refractivity contribution in [3.8, 4) is 0 Å². The van der Waals surface area contributed by atoms with E-state index in [1.165, 1.54) is 0 Å². The van der Waals surface area contributed by atoms with Crippen molar-refractivity contribution in [2.75, 3.05) is 6.54 Å². The molecular weight excluding hydrogens is 340 g/mol. The smallest absolute Gasteiger partial charge is 0.242 e. The van der Waals surface area contributed by atoms with Crippen LogP contribution in [0.3, 0.4) is 0 Å². The summed E-state index contributed by atoms with van der Waals surface area (Å²) in [6, 6.07) is 14.0. The lowest BCUT2D eigenvalue weighted by Gasteiger charge is -2.27. The van der Waals surface area contributed by atoms with E-state index >= 15 is 0 Å². The first-order valence-electron chi connectivity index (χ1n) is 9.73. The standard InChI is InChI=1S/C22H28N2O3/c1-3-7-21(25)24(19-11-12-19)16-22(26)23(14-18-8-5-4-6-9-18)15-20-13-10-17(2)27-20/h4-6,8-10,13,19H,3,7,11-12,14-16H2,1-2H3. The van der Waals surface area contributed by atoms with E-state index in [0.717, 1.165) is 36.3 Å². The van der Waals surface area contributed by atoms with Crippen LogP contribution in [0, 0.1) is 6.92 Å². The summed E-state index contributed by atoms with van der Waals surface area (Å²) in [6.07, 6.45) is 3.30. The van der Waals surface area contributed by atoms with Crippen LogP contribution in [0.15, 0.2) is 46.9 Å². The Bertz CT molecular complexity index is 765. The largest absolute Gasteiger partial charge is 0.464 e. The summed E-state index contributed by atoms with van der Waals surface area (Å²) in [5.41, 5.74) is 1.06. The highest BCUT2D eigenvalue weighted by molar-refractivity contribution is 5.85. The molecule has 1 aliphatic rings. The lowest BCUT2D eigenvalue weighted by Crippen LogP contribution is -2.43. The van der Waals surface area contributed by atoms with Gasteiger partial charge < -0.3 is 14.2 Å². The van der Waals surface area contributed by atoms with Crippen LogP contribution in [0.5, 0.6) is 0 Å². The molecule has 0 radical (unpaired) electrons. The van der Waals surface area contributed by atoms with E-state index in [0.29, 0.717) is 19.5 Å². The molecule has 0 unspecified atom stereocenters. The van der Waals surface area contributed by atoms with Crippen LogP contribution in [0.25, 0.3) is 0 Å². The first-order chi connectivity index (χ1) is 13.1. The van der Waals surface area contributed by atoms with Gasteiger partial charge in [0.1, 0.15) is 18.1 Å². The van der Waals surface area contributed by atoms with Gasteiger partial charge in [-0.05, 0) is 43.9 Å². The SMILES string of the molecule is CCCC(=O)N(CC(=O)N(Cc1ccccc1)Cc1ccc(C)o1)C1CC1. The molecule has 2 aromatic rings. The Labute approximate surface area is 160 Å². The van der Waals surface area contributed by atoms with E-state index in [-0.39, 0.29) is 24.4 Å².